The zero-order valence-corrected chi connectivity index (χ0v) is 17.3. The third-order valence-corrected chi connectivity index (χ3v) is 4.17. The largest absolute Gasteiger partial charge is 0.352 e. The monoisotopic (exact) mass is 462 g/mol. The van der Waals surface area contributed by atoms with Crippen LogP contribution in [0.1, 0.15) is 16.0 Å². The molecule has 0 spiro atoms. The van der Waals surface area contributed by atoms with Crippen LogP contribution in [0.2, 0.25) is 0 Å². The molecule has 0 fully saturated rings. The van der Waals surface area contributed by atoms with Gasteiger partial charge in [-0.15, -0.1) is 35.3 Å². The maximum Gasteiger partial charge on any atom is 0.191 e. The van der Waals surface area contributed by atoms with Gasteiger partial charge < -0.3 is 15.5 Å². The zero-order chi connectivity index (χ0) is 16.7. The maximum absolute atomic E-state index is 13.8. The fourth-order valence-electron chi connectivity index (χ4n) is 2.19. The number of nitrogens with zero attached hydrogens (tertiary/aromatic N) is 2. The second-order valence-corrected chi connectivity index (χ2v) is 6.55. The third-order valence-electron chi connectivity index (χ3n) is 3.29. The van der Waals surface area contributed by atoms with Crippen LogP contribution in [0, 0.1) is 5.82 Å². The molecule has 0 aliphatic rings. The summed E-state index contributed by atoms with van der Waals surface area (Å²) in [6, 6.07) is 9.34. The van der Waals surface area contributed by atoms with Gasteiger partial charge in [-0.1, -0.05) is 12.1 Å². The predicted molar refractivity (Wildman–Crippen MR) is 111 cm³/mol. The number of nitrogens with one attached hydrogen (secondary N) is 2. The number of guanidine groups is 1. The fourth-order valence-corrected chi connectivity index (χ4v) is 2.83. The van der Waals surface area contributed by atoms with Gasteiger partial charge in [-0.05, 0) is 43.2 Å². The van der Waals surface area contributed by atoms with Gasteiger partial charge in [0.15, 0.2) is 5.96 Å². The lowest BCUT2D eigenvalue weighted by atomic mass is 10.1. The first kappa shape index (κ1) is 20.9. The van der Waals surface area contributed by atoms with Crippen molar-refractivity contribution in [2.75, 3.05) is 21.1 Å². The Hall–Kier alpha value is -1.19. The molecule has 0 bridgehead atoms. The highest BCUT2D eigenvalue weighted by atomic mass is 127. The number of benzene rings is 1. The molecule has 7 heteroatoms. The Kier molecular flexibility index (Phi) is 9.24. The van der Waals surface area contributed by atoms with Crippen molar-refractivity contribution in [3.05, 3.63) is 57.5 Å². The van der Waals surface area contributed by atoms with Gasteiger partial charge in [0.05, 0.1) is 6.54 Å². The van der Waals surface area contributed by atoms with E-state index in [2.05, 4.69) is 27.1 Å². The quantitative estimate of drug-likeness (QED) is 0.393. The third kappa shape index (κ3) is 6.74. The number of rotatable bonds is 6. The van der Waals surface area contributed by atoms with E-state index in [1.54, 1.807) is 24.5 Å². The molecule has 1 heterocycles. The highest BCUT2D eigenvalue weighted by Crippen LogP contribution is 2.12. The van der Waals surface area contributed by atoms with Gasteiger partial charge in [0, 0.05) is 30.6 Å². The Morgan fingerprint density at radius 3 is 2.58 bits per heavy atom. The first-order chi connectivity index (χ1) is 11.1. The average Bonchev–Trinajstić information content (AvgIpc) is 3.03. The van der Waals surface area contributed by atoms with Gasteiger partial charge in [0.25, 0.3) is 0 Å². The van der Waals surface area contributed by atoms with E-state index in [1.165, 1.54) is 10.9 Å². The molecule has 2 rings (SSSR count). The molecular formula is C17H24FIN4S. The van der Waals surface area contributed by atoms with Crippen LogP contribution in [0.5, 0.6) is 0 Å². The molecule has 0 atom stereocenters. The summed E-state index contributed by atoms with van der Waals surface area (Å²) < 4.78 is 13.8. The minimum atomic E-state index is -0.164. The molecule has 4 nitrogen and oxygen atoms in total. The van der Waals surface area contributed by atoms with Gasteiger partial charge in [0.2, 0.25) is 0 Å². The van der Waals surface area contributed by atoms with Crippen LogP contribution >= 0.6 is 35.3 Å². The maximum atomic E-state index is 13.8. The van der Waals surface area contributed by atoms with Crippen LogP contribution in [0.4, 0.5) is 4.39 Å². The highest BCUT2D eigenvalue weighted by Gasteiger charge is 2.06. The molecule has 0 unspecified atom stereocenters. The van der Waals surface area contributed by atoms with Gasteiger partial charge in [-0.3, -0.25) is 4.99 Å². The van der Waals surface area contributed by atoms with E-state index >= 15 is 0 Å². The van der Waals surface area contributed by atoms with Crippen LogP contribution in [0.25, 0.3) is 0 Å². The lowest BCUT2D eigenvalue weighted by Crippen LogP contribution is -2.36. The molecule has 0 aliphatic carbocycles. The Morgan fingerprint density at radius 2 is 1.96 bits per heavy atom. The standard InChI is InChI=1S/C17H23FN4S.HI/c1-19-17(21-11-15-5-4-8-23-15)20-10-13-6-7-16(18)14(9-13)12-22(2)3;/h4-9H,10-12H2,1-3H3,(H2,19,20,21);1H. The van der Waals surface area contributed by atoms with Crippen LogP contribution in [0.3, 0.4) is 0 Å². The molecule has 1 aromatic carbocycles. The topological polar surface area (TPSA) is 39.7 Å². The SMILES string of the molecule is CN=C(NCc1ccc(F)c(CN(C)C)c1)NCc1cccs1.I. The van der Waals surface area contributed by atoms with Gasteiger partial charge in [-0.2, -0.15) is 0 Å². The van der Waals surface area contributed by atoms with Crippen molar-refractivity contribution < 1.29 is 4.39 Å². The van der Waals surface area contributed by atoms with Crippen molar-refractivity contribution >= 4 is 41.3 Å². The molecule has 24 heavy (non-hydrogen) atoms. The number of hydrogen-bond acceptors (Lipinski definition) is 3. The Balaban J connectivity index is 0.00000288. The van der Waals surface area contributed by atoms with Gasteiger partial charge >= 0.3 is 0 Å². The van der Waals surface area contributed by atoms with Crippen LogP contribution in [0.15, 0.2) is 40.7 Å². The Morgan fingerprint density at radius 1 is 1.21 bits per heavy atom. The van der Waals surface area contributed by atoms with E-state index in [0.29, 0.717) is 18.7 Å². The van der Waals surface area contributed by atoms with Crippen molar-refractivity contribution in [2.45, 2.75) is 19.6 Å². The summed E-state index contributed by atoms with van der Waals surface area (Å²) in [4.78, 5) is 7.42. The van der Waals surface area contributed by atoms with Crippen molar-refractivity contribution in [2.24, 2.45) is 4.99 Å². The summed E-state index contributed by atoms with van der Waals surface area (Å²) >= 11 is 1.71. The van der Waals surface area contributed by atoms with E-state index in [0.717, 1.165) is 18.1 Å². The fraction of sp³-hybridized carbons (Fsp3) is 0.353. The molecule has 132 valence electrons. The number of halogens is 2. The Bertz CT molecular complexity index is 644. The Labute approximate surface area is 164 Å². The molecule has 0 radical (unpaired) electrons. The van der Waals surface area contributed by atoms with E-state index in [4.69, 9.17) is 0 Å². The van der Waals surface area contributed by atoms with E-state index in [9.17, 15) is 4.39 Å². The van der Waals surface area contributed by atoms with E-state index < -0.39 is 0 Å². The van der Waals surface area contributed by atoms with Gasteiger partial charge in [0.1, 0.15) is 5.82 Å². The number of aliphatic imine (C=N–C) groups is 1. The van der Waals surface area contributed by atoms with E-state index in [-0.39, 0.29) is 29.8 Å². The lowest BCUT2D eigenvalue weighted by Gasteiger charge is -2.14. The minimum absolute atomic E-state index is 0. The smallest absolute Gasteiger partial charge is 0.191 e. The zero-order valence-electron chi connectivity index (χ0n) is 14.2. The van der Waals surface area contributed by atoms with Crippen LogP contribution in [-0.2, 0) is 19.6 Å². The summed E-state index contributed by atoms with van der Waals surface area (Å²) in [6.45, 7) is 1.93. The lowest BCUT2D eigenvalue weighted by molar-refractivity contribution is 0.392. The van der Waals surface area contributed by atoms with Crippen molar-refractivity contribution in [1.29, 1.82) is 0 Å². The van der Waals surface area contributed by atoms with Crippen molar-refractivity contribution in [3.63, 3.8) is 0 Å². The summed E-state index contributed by atoms with van der Waals surface area (Å²) in [7, 11) is 5.60. The summed E-state index contributed by atoms with van der Waals surface area (Å²) in [5.41, 5.74) is 1.73. The molecule has 1 aromatic heterocycles. The summed E-state index contributed by atoms with van der Waals surface area (Å²) in [5, 5.41) is 8.58. The average molecular weight is 462 g/mol. The molecule has 0 aliphatic heterocycles. The minimum Gasteiger partial charge on any atom is -0.352 e. The normalized spacial score (nSPS) is 11.3. The molecule has 2 N–H and O–H groups in total. The first-order valence-corrected chi connectivity index (χ1v) is 8.35. The van der Waals surface area contributed by atoms with Crippen LogP contribution in [-0.4, -0.2) is 32.0 Å². The molecule has 2 aromatic rings. The number of thiophene rings is 1. The second kappa shape index (κ2) is 10.6. The van der Waals surface area contributed by atoms with Crippen molar-refractivity contribution in [3.8, 4) is 0 Å². The highest BCUT2D eigenvalue weighted by molar-refractivity contribution is 14.0. The predicted octanol–water partition coefficient (Wildman–Crippen LogP) is 3.43. The molecule has 0 saturated heterocycles. The summed E-state index contributed by atoms with van der Waals surface area (Å²) in [6.07, 6.45) is 0. The van der Waals surface area contributed by atoms with Gasteiger partial charge in [-0.25, -0.2) is 4.39 Å². The number of hydrogen-bond donors (Lipinski definition) is 2. The van der Waals surface area contributed by atoms with Crippen molar-refractivity contribution in [1.82, 2.24) is 15.5 Å². The molecule has 0 amide bonds. The molecular weight excluding hydrogens is 438 g/mol. The first-order valence-electron chi connectivity index (χ1n) is 7.47. The second-order valence-electron chi connectivity index (χ2n) is 5.52. The van der Waals surface area contributed by atoms with E-state index in [1.807, 2.05) is 31.1 Å². The molecule has 0 saturated carbocycles. The van der Waals surface area contributed by atoms with Crippen LogP contribution < -0.4 is 10.6 Å². The summed E-state index contributed by atoms with van der Waals surface area (Å²) in [5.74, 6) is 0.569.